The molecule has 0 amide bonds. The molecule has 2 aliphatic heterocycles. The Morgan fingerprint density at radius 1 is 1.11 bits per heavy atom. The molecule has 6 rings (SSSR count). The van der Waals surface area contributed by atoms with Crippen molar-refractivity contribution in [3.05, 3.63) is 71.1 Å². The van der Waals surface area contributed by atoms with Gasteiger partial charge in [-0.15, -0.1) is 10.2 Å². The molecule has 2 atom stereocenters. The highest BCUT2D eigenvalue weighted by Crippen LogP contribution is 2.40. The molecule has 2 aliphatic rings. The van der Waals surface area contributed by atoms with Crippen molar-refractivity contribution in [3.8, 4) is 34.4 Å². The van der Waals surface area contributed by atoms with Crippen LogP contribution in [-0.4, -0.2) is 68.7 Å². The molecule has 1 fully saturated rings. The van der Waals surface area contributed by atoms with Gasteiger partial charge in [-0.05, 0) is 61.6 Å². The van der Waals surface area contributed by atoms with Crippen molar-refractivity contribution < 1.29 is 5.11 Å². The number of rotatable bonds is 3. The predicted molar refractivity (Wildman–Crippen MR) is 135 cm³/mol. The van der Waals surface area contributed by atoms with Crippen molar-refractivity contribution in [2.45, 2.75) is 18.7 Å². The normalized spacial score (nSPS) is 18.7. The number of aliphatic hydroxyl groups excluding tert-OH is 1. The van der Waals surface area contributed by atoms with Gasteiger partial charge in [0, 0.05) is 24.3 Å². The number of nitriles is 1. The van der Waals surface area contributed by atoms with Gasteiger partial charge in [-0.2, -0.15) is 5.26 Å². The number of β-amino-alcohol motifs (C(OH)–C–C–N with tert-alkyl or cyclic N) is 1. The van der Waals surface area contributed by atoms with E-state index in [1.165, 1.54) is 0 Å². The summed E-state index contributed by atoms with van der Waals surface area (Å²) >= 11 is 6.95. The molecule has 4 aromatic rings. The lowest BCUT2D eigenvalue weighted by molar-refractivity contribution is 0.114. The highest BCUT2D eigenvalue weighted by atomic mass is 35.5. The van der Waals surface area contributed by atoms with E-state index in [1.807, 2.05) is 36.9 Å². The van der Waals surface area contributed by atoms with Crippen molar-refractivity contribution in [2.24, 2.45) is 0 Å². The van der Waals surface area contributed by atoms with E-state index >= 15 is 0 Å². The lowest BCUT2D eigenvalue weighted by atomic mass is 10.1. The summed E-state index contributed by atoms with van der Waals surface area (Å²) in [5, 5.41) is 28.9. The molecule has 0 spiro atoms. The first-order valence-electron chi connectivity index (χ1n) is 11.5. The molecule has 0 radical (unpaired) electrons. The number of nitrogens with zero attached hydrogens (tertiary/aromatic N) is 7. The highest BCUT2D eigenvalue weighted by Gasteiger charge is 2.33. The zero-order chi connectivity index (χ0) is 24.3. The third-order valence-electron chi connectivity index (χ3n) is 7.07. The zero-order valence-electron chi connectivity index (χ0n) is 19.4. The number of hydrogen-bond donors (Lipinski definition) is 1. The lowest BCUT2D eigenvalue weighted by Gasteiger charge is -2.23. The number of halogens is 1. The maximum atomic E-state index is 10.5. The topological polar surface area (TPSA) is 86.1 Å². The number of fused-ring (bicyclic) bond motifs is 5. The Morgan fingerprint density at radius 2 is 1.91 bits per heavy atom. The molecule has 2 aromatic carbocycles. The molecule has 0 bridgehead atoms. The molecule has 8 nitrogen and oxygen atoms in total. The molecule has 2 aromatic heterocycles. The first kappa shape index (κ1) is 21.9. The van der Waals surface area contributed by atoms with Crippen LogP contribution >= 0.6 is 11.6 Å². The van der Waals surface area contributed by atoms with E-state index in [2.05, 4.69) is 48.8 Å². The third kappa shape index (κ3) is 3.51. The smallest absolute Gasteiger partial charge is 0.185 e. The quantitative estimate of drug-likeness (QED) is 0.421. The minimum Gasteiger partial charge on any atom is -0.390 e. The Hall–Kier alpha value is -3.64. The van der Waals surface area contributed by atoms with Gasteiger partial charge in [0.25, 0.3) is 0 Å². The summed E-state index contributed by atoms with van der Waals surface area (Å²) in [6.45, 7) is 1.94. The van der Waals surface area contributed by atoms with Crippen LogP contribution in [-0.2, 0) is 6.54 Å². The predicted octanol–water partition coefficient (Wildman–Crippen LogP) is 3.40. The van der Waals surface area contributed by atoms with Crippen LogP contribution in [0.2, 0.25) is 5.15 Å². The molecular weight excluding hydrogens is 462 g/mol. The van der Waals surface area contributed by atoms with Crippen LogP contribution in [0.25, 0.3) is 28.3 Å². The Balaban J connectivity index is 1.43. The summed E-state index contributed by atoms with van der Waals surface area (Å²) < 4.78 is 4.06. The fraction of sp³-hybridized carbons (Fsp3) is 0.269. The number of aromatic nitrogens is 4. The summed E-state index contributed by atoms with van der Waals surface area (Å²) in [5.41, 5.74) is 6.49. The van der Waals surface area contributed by atoms with Crippen LogP contribution in [0.4, 0.5) is 5.69 Å². The summed E-state index contributed by atoms with van der Waals surface area (Å²) in [7, 11) is 4.01. The van der Waals surface area contributed by atoms with Crippen molar-refractivity contribution in [1.82, 2.24) is 24.2 Å². The number of benzene rings is 2. The number of hydrogen-bond acceptors (Lipinski definition) is 6. The fourth-order valence-electron chi connectivity index (χ4n) is 5.17. The average Bonchev–Trinajstić information content (AvgIpc) is 3.55. The van der Waals surface area contributed by atoms with Gasteiger partial charge in [0.2, 0.25) is 0 Å². The van der Waals surface area contributed by atoms with Crippen LogP contribution in [0.5, 0.6) is 0 Å². The zero-order valence-corrected chi connectivity index (χ0v) is 20.2. The summed E-state index contributed by atoms with van der Waals surface area (Å²) in [6, 6.07) is 18.1. The van der Waals surface area contributed by atoms with Gasteiger partial charge < -0.3 is 19.5 Å². The molecule has 35 heavy (non-hydrogen) atoms. The fourth-order valence-corrected chi connectivity index (χ4v) is 5.48. The summed E-state index contributed by atoms with van der Waals surface area (Å²) in [5.74, 6) is 0.725. The van der Waals surface area contributed by atoms with Gasteiger partial charge in [0.05, 0.1) is 41.7 Å². The van der Waals surface area contributed by atoms with Crippen LogP contribution in [0.1, 0.15) is 11.1 Å². The number of anilines is 1. The lowest BCUT2D eigenvalue weighted by Crippen LogP contribution is -2.38. The Kier molecular flexibility index (Phi) is 5.15. The van der Waals surface area contributed by atoms with Crippen molar-refractivity contribution >= 4 is 17.3 Å². The number of aliphatic hydroxyl groups is 1. The maximum absolute atomic E-state index is 10.5. The molecule has 0 aliphatic carbocycles. The van der Waals surface area contributed by atoms with Gasteiger partial charge in [0.15, 0.2) is 5.82 Å². The molecule has 0 saturated carbocycles. The van der Waals surface area contributed by atoms with E-state index < -0.39 is 6.10 Å². The Morgan fingerprint density at radius 3 is 2.63 bits per heavy atom. The monoisotopic (exact) mass is 485 g/mol. The first-order chi connectivity index (χ1) is 16.9. The highest BCUT2D eigenvalue weighted by molar-refractivity contribution is 6.32. The van der Waals surface area contributed by atoms with Gasteiger partial charge in [0.1, 0.15) is 11.5 Å². The molecule has 0 unspecified atom stereocenters. The van der Waals surface area contributed by atoms with Crippen LogP contribution in [0.15, 0.2) is 54.9 Å². The van der Waals surface area contributed by atoms with Crippen molar-refractivity contribution in [2.75, 3.05) is 32.1 Å². The Labute approximate surface area is 208 Å². The van der Waals surface area contributed by atoms with Crippen LogP contribution in [0.3, 0.4) is 0 Å². The second kappa shape index (κ2) is 8.24. The summed E-state index contributed by atoms with van der Waals surface area (Å²) in [4.78, 5) is 4.31. The SMILES string of the molecule is CN(C)[C@H]1CN(c2ccc3c(c2)Cn2c(cc(-c4ccc(C#N)cc4)c2Cl)-c2nncn2-3)C[C@@H]1O. The van der Waals surface area contributed by atoms with E-state index in [1.54, 1.807) is 18.5 Å². The molecule has 4 heterocycles. The van der Waals surface area contributed by atoms with Gasteiger partial charge in [-0.1, -0.05) is 23.7 Å². The number of likely N-dealkylation sites (N-methyl/N-ethyl adjacent to an activating group) is 1. The second-order valence-electron chi connectivity index (χ2n) is 9.35. The minimum absolute atomic E-state index is 0.0961. The van der Waals surface area contributed by atoms with Crippen LogP contribution < -0.4 is 4.90 Å². The van der Waals surface area contributed by atoms with E-state index in [0.29, 0.717) is 23.8 Å². The molecule has 1 N–H and O–H groups in total. The van der Waals surface area contributed by atoms with Gasteiger partial charge in [-0.3, -0.25) is 4.57 Å². The Bertz CT molecular complexity index is 1460. The van der Waals surface area contributed by atoms with Gasteiger partial charge in [-0.25, -0.2) is 0 Å². The van der Waals surface area contributed by atoms with Gasteiger partial charge >= 0.3 is 0 Å². The van der Waals surface area contributed by atoms with E-state index in [9.17, 15) is 5.11 Å². The molecule has 1 saturated heterocycles. The molecule has 176 valence electrons. The summed E-state index contributed by atoms with van der Waals surface area (Å²) in [6.07, 6.45) is 1.33. The third-order valence-corrected chi connectivity index (χ3v) is 7.48. The second-order valence-corrected chi connectivity index (χ2v) is 9.71. The van der Waals surface area contributed by atoms with E-state index in [-0.39, 0.29) is 6.04 Å². The minimum atomic E-state index is -0.395. The largest absolute Gasteiger partial charge is 0.390 e. The maximum Gasteiger partial charge on any atom is 0.185 e. The molecule has 9 heteroatoms. The van der Waals surface area contributed by atoms with E-state index in [0.717, 1.165) is 46.1 Å². The van der Waals surface area contributed by atoms with Crippen molar-refractivity contribution in [3.63, 3.8) is 0 Å². The van der Waals surface area contributed by atoms with Crippen LogP contribution in [0, 0.1) is 11.3 Å². The molecular formula is C26H24ClN7O. The first-order valence-corrected chi connectivity index (χ1v) is 11.8. The van der Waals surface area contributed by atoms with E-state index in [4.69, 9.17) is 16.9 Å². The van der Waals surface area contributed by atoms with Crippen molar-refractivity contribution in [1.29, 1.82) is 5.26 Å². The average molecular weight is 486 g/mol. The standard InChI is InChI=1S/C26H24ClN7O/c1-31(2)23-13-32(14-24(23)35)19-7-8-21-18(9-19)12-33-22(26-30-29-15-34(21)26)10-20(25(33)27)17-5-3-16(11-28)4-6-17/h3-10,15,23-24,35H,12-14H2,1-2H3/t23-,24-/m0/s1.